The Morgan fingerprint density at radius 2 is 2.13 bits per heavy atom. The van der Waals surface area contributed by atoms with Crippen molar-refractivity contribution >= 4 is 22.5 Å². The molecule has 1 aliphatic heterocycles. The number of nitriles is 1. The fraction of sp³-hybridized carbons (Fsp3) is 0.381. The first kappa shape index (κ1) is 19.8. The van der Waals surface area contributed by atoms with Crippen molar-refractivity contribution in [2.24, 2.45) is 0 Å². The highest BCUT2D eigenvalue weighted by atomic mass is 16.1. The fourth-order valence-electron chi connectivity index (χ4n) is 4.01. The van der Waals surface area contributed by atoms with Crippen molar-refractivity contribution in [1.82, 2.24) is 24.8 Å². The molecular weight excluding hydrogens is 380 g/mol. The number of fused-ring (bicyclic) bond motifs is 1. The van der Waals surface area contributed by atoms with Gasteiger partial charge in [-0.05, 0) is 44.5 Å². The molecule has 0 radical (unpaired) electrons. The van der Waals surface area contributed by atoms with Gasteiger partial charge in [-0.2, -0.15) is 5.26 Å². The molecular formula is C21H24N8O. The molecule has 3 aromatic rings. The molecule has 4 N–H and O–H groups in total. The number of aromatic nitrogens is 4. The highest BCUT2D eigenvalue weighted by Crippen LogP contribution is 2.22. The molecule has 3 heterocycles. The minimum atomic E-state index is 0.0176. The maximum atomic E-state index is 13.4. The van der Waals surface area contributed by atoms with Crippen LogP contribution in [0.25, 0.3) is 10.9 Å². The van der Waals surface area contributed by atoms with Crippen molar-refractivity contribution in [3.05, 3.63) is 51.8 Å². The number of nitrogens with one attached hydrogen (secondary N) is 2. The molecule has 0 saturated carbocycles. The fourth-order valence-corrected chi connectivity index (χ4v) is 4.01. The number of nitrogens with zero attached hydrogens (tertiary/aromatic N) is 5. The monoisotopic (exact) mass is 404 g/mol. The molecule has 0 amide bonds. The van der Waals surface area contributed by atoms with E-state index in [4.69, 9.17) is 10.7 Å². The summed E-state index contributed by atoms with van der Waals surface area (Å²) in [5.74, 6) is 1.26. The minimum absolute atomic E-state index is 0.0176. The van der Waals surface area contributed by atoms with Crippen molar-refractivity contribution in [2.45, 2.75) is 32.2 Å². The van der Waals surface area contributed by atoms with E-state index in [9.17, 15) is 10.1 Å². The quantitative estimate of drug-likeness (QED) is 0.583. The molecule has 4 rings (SSSR count). The van der Waals surface area contributed by atoms with Crippen LogP contribution < -0.4 is 21.9 Å². The number of hydrogen-bond donors (Lipinski definition) is 3. The van der Waals surface area contributed by atoms with Crippen LogP contribution in [0.1, 0.15) is 35.8 Å². The number of hydrogen-bond acceptors (Lipinski definition) is 8. The van der Waals surface area contributed by atoms with Gasteiger partial charge in [0.1, 0.15) is 35.4 Å². The Balaban J connectivity index is 1.68. The maximum absolute atomic E-state index is 13.4. The lowest BCUT2D eigenvalue weighted by Gasteiger charge is -2.27. The van der Waals surface area contributed by atoms with Gasteiger partial charge in [0.2, 0.25) is 0 Å². The molecule has 1 fully saturated rings. The van der Waals surface area contributed by atoms with Crippen LogP contribution in [0.5, 0.6) is 0 Å². The molecule has 9 nitrogen and oxygen atoms in total. The first-order valence-electron chi connectivity index (χ1n) is 10.1. The molecule has 9 heteroatoms. The maximum Gasteiger partial charge on any atom is 0.261 e. The van der Waals surface area contributed by atoms with Gasteiger partial charge in [0.15, 0.2) is 0 Å². The van der Waals surface area contributed by atoms with Crippen LogP contribution in [-0.4, -0.2) is 39.2 Å². The number of benzene rings is 1. The van der Waals surface area contributed by atoms with Gasteiger partial charge >= 0.3 is 0 Å². The predicted octanol–water partition coefficient (Wildman–Crippen LogP) is 1.53. The summed E-state index contributed by atoms with van der Waals surface area (Å²) in [7, 11) is 0. The van der Waals surface area contributed by atoms with Crippen LogP contribution in [0.2, 0.25) is 0 Å². The van der Waals surface area contributed by atoms with E-state index in [1.54, 1.807) is 0 Å². The molecule has 2 aromatic heterocycles. The smallest absolute Gasteiger partial charge is 0.261 e. The van der Waals surface area contributed by atoms with Gasteiger partial charge in [-0.1, -0.05) is 12.1 Å². The zero-order valence-corrected chi connectivity index (χ0v) is 16.9. The van der Waals surface area contributed by atoms with Crippen LogP contribution >= 0.6 is 0 Å². The van der Waals surface area contributed by atoms with E-state index in [-0.39, 0.29) is 23.0 Å². The van der Waals surface area contributed by atoms with E-state index in [2.05, 4.69) is 20.6 Å². The van der Waals surface area contributed by atoms with Crippen LogP contribution in [0.4, 0.5) is 11.6 Å². The van der Waals surface area contributed by atoms with Crippen LogP contribution in [-0.2, 0) is 6.42 Å². The molecule has 0 aliphatic carbocycles. The largest absolute Gasteiger partial charge is 0.382 e. The Morgan fingerprint density at radius 1 is 1.33 bits per heavy atom. The third-order valence-corrected chi connectivity index (χ3v) is 5.51. The zero-order chi connectivity index (χ0) is 21.1. The summed E-state index contributed by atoms with van der Waals surface area (Å²) in [6.07, 6.45) is 3.61. The lowest BCUT2D eigenvalue weighted by Crippen LogP contribution is -2.37. The molecule has 154 valence electrons. The van der Waals surface area contributed by atoms with E-state index < -0.39 is 0 Å². The van der Waals surface area contributed by atoms with Gasteiger partial charge in [0.25, 0.3) is 5.56 Å². The van der Waals surface area contributed by atoms with Gasteiger partial charge in [-0.15, -0.1) is 0 Å². The van der Waals surface area contributed by atoms with Gasteiger partial charge < -0.3 is 16.4 Å². The van der Waals surface area contributed by atoms with Crippen molar-refractivity contribution in [1.29, 1.82) is 5.26 Å². The Kier molecular flexibility index (Phi) is 5.59. The summed E-state index contributed by atoms with van der Waals surface area (Å²) >= 11 is 0. The van der Waals surface area contributed by atoms with E-state index in [0.717, 1.165) is 37.3 Å². The molecule has 0 bridgehead atoms. The Bertz CT molecular complexity index is 1170. The first-order valence-corrected chi connectivity index (χ1v) is 10.1. The van der Waals surface area contributed by atoms with Crippen LogP contribution in [0, 0.1) is 18.3 Å². The van der Waals surface area contributed by atoms with Crippen molar-refractivity contribution in [2.75, 3.05) is 30.7 Å². The third-order valence-electron chi connectivity index (χ3n) is 5.51. The first-order chi connectivity index (χ1) is 14.6. The molecule has 1 aliphatic rings. The molecule has 1 aromatic carbocycles. The average molecular weight is 404 g/mol. The Hall–Kier alpha value is -3.51. The number of anilines is 2. The summed E-state index contributed by atoms with van der Waals surface area (Å²) in [4.78, 5) is 26.3. The van der Waals surface area contributed by atoms with Gasteiger partial charge in [-0.3, -0.25) is 9.36 Å². The summed E-state index contributed by atoms with van der Waals surface area (Å²) in [5, 5.41) is 16.5. The second-order valence-electron chi connectivity index (χ2n) is 7.42. The van der Waals surface area contributed by atoms with Crippen LogP contribution in [0.15, 0.2) is 29.3 Å². The van der Waals surface area contributed by atoms with Gasteiger partial charge in [-0.25, -0.2) is 15.0 Å². The molecule has 1 saturated heterocycles. The SMILES string of the molecule is Cc1cccc2nc(CCNc3ncnc(N)c3C#N)n(C3CCNCC3)c(=O)c12. The lowest BCUT2D eigenvalue weighted by atomic mass is 10.0. The zero-order valence-electron chi connectivity index (χ0n) is 16.9. The van der Waals surface area contributed by atoms with Crippen molar-refractivity contribution in [3.8, 4) is 6.07 Å². The van der Waals surface area contributed by atoms with Crippen molar-refractivity contribution < 1.29 is 0 Å². The summed E-state index contributed by atoms with van der Waals surface area (Å²) in [5.41, 5.74) is 7.64. The number of aryl methyl sites for hydroxylation is 1. The molecule has 0 atom stereocenters. The number of rotatable bonds is 5. The Labute approximate surface area is 174 Å². The summed E-state index contributed by atoms with van der Waals surface area (Å²) < 4.78 is 1.87. The summed E-state index contributed by atoms with van der Waals surface area (Å²) in [6.45, 7) is 4.17. The molecule has 0 unspecified atom stereocenters. The number of nitrogen functional groups attached to an aromatic ring is 1. The highest BCUT2D eigenvalue weighted by molar-refractivity contribution is 5.81. The van der Waals surface area contributed by atoms with E-state index >= 15 is 0 Å². The normalized spacial score (nSPS) is 14.5. The number of nitrogens with two attached hydrogens (primary N) is 1. The standard InChI is InChI=1S/C21H24N8O/c1-13-3-2-4-16-18(13)21(30)29(14-5-8-24-9-6-14)17(28-16)7-10-25-20-15(11-22)19(23)26-12-27-20/h2-4,12,14,24H,5-10H2,1H3,(H3,23,25,26,27). The lowest BCUT2D eigenvalue weighted by molar-refractivity contribution is 0.350. The second kappa shape index (κ2) is 8.47. The second-order valence-corrected chi connectivity index (χ2v) is 7.42. The van der Waals surface area contributed by atoms with Crippen LogP contribution in [0.3, 0.4) is 0 Å². The molecule has 30 heavy (non-hydrogen) atoms. The summed E-state index contributed by atoms with van der Waals surface area (Å²) in [6, 6.07) is 7.89. The third kappa shape index (κ3) is 3.69. The number of piperidine rings is 1. The van der Waals surface area contributed by atoms with Crippen molar-refractivity contribution in [3.63, 3.8) is 0 Å². The predicted molar refractivity (Wildman–Crippen MR) is 115 cm³/mol. The van der Waals surface area contributed by atoms with Gasteiger partial charge in [0, 0.05) is 19.0 Å². The average Bonchev–Trinajstić information content (AvgIpc) is 2.74. The van der Waals surface area contributed by atoms with E-state index in [0.29, 0.717) is 29.7 Å². The van der Waals surface area contributed by atoms with E-state index in [1.807, 2.05) is 35.8 Å². The highest BCUT2D eigenvalue weighted by Gasteiger charge is 2.22. The van der Waals surface area contributed by atoms with Gasteiger partial charge in [0.05, 0.1) is 10.9 Å². The topological polar surface area (TPSA) is 135 Å². The molecule has 0 spiro atoms. The minimum Gasteiger partial charge on any atom is -0.382 e. The van der Waals surface area contributed by atoms with E-state index in [1.165, 1.54) is 6.33 Å². The Morgan fingerprint density at radius 3 is 2.90 bits per heavy atom.